The van der Waals surface area contributed by atoms with Crippen LogP contribution >= 0.6 is 0 Å². The van der Waals surface area contributed by atoms with E-state index in [4.69, 9.17) is 5.11 Å². The Morgan fingerprint density at radius 2 is 1.75 bits per heavy atom. The van der Waals surface area contributed by atoms with Gasteiger partial charge in [-0.05, 0) is 0 Å². The average molecular weight is 176 g/mol. The summed E-state index contributed by atoms with van der Waals surface area (Å²) in [6, 6.07) is 0. The highest BCUT2D eigenvalue weighted by Crippen LogP contribution is 1.94. The van der Waals surface area contributed by atoms with E-state index in [9.17, 15) is 14.4 Å². The van der Waals surface area contributed by atoms with Crippen molar-refractivity contribution in [3.8, 4) is 0 Å². The third kappa shape index (κ3) is 4.26. The first kappa shape index (κ1) is 10.4. The van der Waals surface area contributed by atoms with Gasteiger partial charge >= 0.3 is 17.9 Å². The minimum absolute atomic E-state index is 0.652. The summed E-state index contributed by atoms with van der Waals surface area (Å²) >= 11 is 0. The number of hydrogen-bond donors (Lipinski definition) is 1. The van der Waals surface area contributed by atoms with Gasteiger partial charge in [0.2, 0.25) is 6.29 Å². The SMILES string of the molecule is CC(=O)OC(C)OC(=O)C(=O)O. The van der Waals surface area contributed by atoms with E-state index < -0.39 is 24.2 Å². The van der Waals surface area contributed by atoms with Crippen molar-refractivity contribution in [3.05, 3.63) is 0 Å². The highest BCUT2D eigenvalue weighted by Gasteiger charge is 2.17. The Kier molecular flexibility index (Phi) is 3.75. The van der Waals surface area contributed by atoms with Gasteiger partial charge in [0.1, 0.15) is 0 Å². The molecule has 0 saturated heterocycles. The van der Waals surface area contributed by atoms with Crippen molar-refractivity contribution >= 4 is 17.9 Å². The van der Waals surface area contributed by atoms with Gasteiger partial charge in [-0.25, -0.2) is 9.59 Å². The summed E-state index contributed by atoms with van der Waals surface area (Å²) in [6.45, 7) is 2.35. The lowest BCUT2D eigenvalue weighted by Gasteiger charge is -2.10. The lowest BCUT2D eigenvalue weighted by atomic mass is 10.6. The van der Waals surface area contributed by atoms with Crippen LogP contribution in [0.4, 0.5) is 0 Å². The largest absolute Gasteiger partial charge is 0.473 e. The van der Waals surface area contributed by atoms with Gasteiger partial charge in [-0.2, -0.15) is 0 Å². The van der Waals surface area contributed by atoms with Crippen LogP contribution in [0.2, 0.25) is 0 Å². The highest BCUT2D eigenvalue weighted by molar-refractivity contribution is 6.28. The molecule has 0 bridgehead atoms. The zero-order valence-electron chi connectivity index (χ0n) is 6.57. The Morgan fingerprint density at radius 3 is 2.08 bits per heavy atom. The standard InChI is InChI=1S/C6H8O6/c1-3(7)11-4(2)12-6(10)5(8)9/h4H,1-2H3,(H,8,9). The van der Waals surface area contributed by atoms with Crippen LogP contribution in [-0.2, 0) is 23.9 Å². The third-order valence-electron chi connectivity index (χ3n) is 0.780. The third-order valence-corrected chi connectivity index (χ3v) is 0.780. The fraction of sp³-hybridized carbons (Fsp3) is 0.500. The summed E-state index contributed by atoms with van der Waals surface area (Å²) in [6.07, 6.45) is -1.17. The highest BCUT2D eigenvalue weighted by atomic mass is 16.7. The summed E-state index contributed by atoms with van der Waals surface area (Å²) < 4.78 is 8.47. The zero-order valence-corrected chi connectivity index (χ0v) is 6.57. The minimum Gasteiger partial charge on any atom is -0.473 e. The fourth-order valence-corrected chi connectivity index (χ4v) is 0.459. The number of carbonyl (C=O) groups excluding carboxylic acids is 2. The monoisotopic (exact) mass is 176 g/mol. The van der Waals surface area contributed by atoms with E-state index in [0.29, 0.717) is 0 Å². The summed E-state index contributed by atoms with van der Waals surface area (Å²) in [5, 5.41) is 8.05. The number of hydrogen-bond acceptors (Lipinski definition) is 5. The maximum absolute atomic E-state index is 10.3. The molecule has 68 valence electrons. The van der Waals surface area contributed by atoms with Gasteiger partial charge in [-0.15, -0.1) is 0 Å². The molecule has 0 spiro atoms. The second-order valence-electron chi connectivity index (χ2n) is 1.89. The summed E-state index contributed by atoms with van der Waals surface area (Å²) in [7, 11) is 0. The molecular weight excluding hydrogens is 168 g/mol. The van der Waals surface area contributed by atoms with Crippen molar-refractivity contribution in [3.63, 3.8) is 0 Å². The van der Waals surface area contributed by atoms with Crippen LogP contribution in [-0.4, -0.2) is 29.3 Å². The minimum atomic E-state index is -1.73. The van der Waals surface area contributed by atoms with E-state index in [-0.39, 0.29) is 0 Å². The molecule has 1 atom stereocenters. The van der Waals surface area contributed by atoms with Crippen molar-refractivity contribution in [2.45, 2.75) is 20.1 Å². The van der Waals surface area contributed by atoms with Crippen molar-refractivity contribution < 1.29 is 29.0 Å². The van der Waals surface area contributed by atoms with Crippen molar-refractivity contribution in [2.24, 2.45) is 0 Å². The molecular formula is C6H8O6. The van der Waals surface area contributed by atoms with Crippen molar-refractivity contribution in [1.82, 2.24) is 0 Å². The topological polar surface area (TPSA) is 89.9 Å². The molecule has 0 amide bonds. The second kappa shape index (κ2) is 4.32. The quantitative estimate of drug-likeness (QED) is 0.347. The van der Waals surface area contributed by atoms with E-state index in [2.05, 4.69) is 9.47 Å². The second-order valence-corrected chi connectivity index (χ2v) is 1.89. The lowest BCUT2D eigenvalue weighted by molar-refractivity contribution is -0.189. The van der Waals surface area contributed by atoms with E-state index in [0.717, 1.165) is 6.92 Å². The summed E-state index contributed by atoms with van der Waals surface area (Å²) in [5.41, 5.74) is 0. The fourth-order valence-electron chi connectivity index (χ4n) is 0.459. The first-order valence-electron chi connectivity index (χ1n) is 3.04. The molecule has 0 aliphatic carbocycles. The van der Waals surface area contributed by atoms with Crippen LogP contribution in [0.25, 0.3) is 0 Å². The average Bonchev–Trinajstić information content (AvgIpc) is 1.84. The van der Waals surface area contributed by atoms with Crippen LogP contribution in [0.5, 0.6) is 0 Å². The molecule has 12 heavy (non-hydrogen) atoms. The Hall–Kier alpha value is -1.59. The molecule has 0 aromatic carbocycles. The smallest absolute Gasteiger partial charge is 0.420 e. The Morgan fingerprint density at radius 1 is 1.25 bits per heavy atom. The summed E-state index contributed by atoms with van der Waals surface area (Å²) in [5.74, 6) is -3.83. The number of ether oxygens (including phenoxy) is 2. The van der Waals surface area contributed by atoms with Crippen LogP contribution in [0.15, 0.2) is 0 Å². The van der Waals surface area contributed by atoms with Crippen molar-refractivity contribution in [2.75, 3.05) is 0 Å². The molecule has 1 N–H and O–H groups in total. The van der Waals surface area contributed by atoms with Gasteiger partial charge in [0.25, 0.3) is 0 Å². The predicted molar refractivity (Wildman–Crippen MR) is 35.0 cm³/mol. The maximum Gasteiger partial charge on any atom is 0.420 e. The molecule has 6 heteroatoms. The van der Waals surface area contributed by atoms with Gasteiger partial charge in [-0.3, -0.25) is 4.79 Å². The molecule has 0 aromatic heterocycles. The molecule has 0 aromatic rings. The molecule has 0 rings (SSSR count). The molecule has 0 aliphatic rings. The van der Waals surface area contributed by atoms with Crippen LogP contribution in [0.1, 0.15) is 13.8 Å². The molecule has 0 fully saturated rings. The number of aliphatic carboxylic acids is 1. The number of esters is 2. The van der Waals surface area contributed by atoms with Gasteiger partial charge in [0.15, 0.2) is 0 Å². The first-order valence-corrected chi connectivity index (χ1v) is 3.04. The molecule has 0 radical (unpaired) electrons. The van der Waals surface area contributed by atoms with Crippen LogP contribution in [0.3, 0.4) is 0 Å². The number of carboxylic acid groups (broad SMARTS) is 1. The van der Waals surface area contributed by atoms with Crippen molar-refractivity contribution in [1.29, 1.82) is 0 Å². The molecule has 0 aliphatic heterocycles. The molecule has 6 nitrogen and oxygen atoms in total. The van der Waals surface area contributed by atoms with Crippen LogP contribution < -0.4 is 0 Å². The molecule has 0 heterocycles. The Bertz CT molecular complexity index is 208. The van der Waals surface area contributed by atoms with E-state index in [1.165, 1.54) is 6.92 Å². The number of rotatable bonds is 2. The Balaban J connectivity index is 3.84. The molecule has 0 saturated carbocycles. The van der Waals surface area contributed by atoms with Gasteiger partial charge < -0.3 is 14.6 Å². The Labute approximate surface area is 68.1 Å². The van der Waals surface area contributed by atoms with E-state index in [1.54, 1.807) is 0 Å². The normalized spacial score (nSPS) is 11.5. The first-order chi connectivity index (χ1) is 5.43. The van der Waals surface area contributed by atoms with Gasteiger partial charge in [0.05, 0.1) is 0 Å². The number of carbonyl (C=O) groups is 3. The predicted octanol–water partition coefficient (Wildman–Crippen LogP) is -0.477. The maximum atomic E-state index is 10.3. The van der Waals surface area contributed by atoms with Gasteiger partial charge in [0, 0.05) is 13.8 Å². The van der Waals surface area contributed by atoms with Crippen LogP contribution in [0, 0.1) is 0 Å². The number of carboxylic acids is 1. The zero-order chi connectivity index (χ0) is 9.72. The molecule has 1 unspecified atom stereocenters. The summed E-state index contributed by atoms with van der Waals surface area (Å²) in [4.78, 5) is 30.5. The van der Waals surface area contributed by atoms with E-state index in [1.807, 2.05) is 0 Å². The van der Waals surface area contributed by atoms with Gasteiger partial charge in [-0.1, -0.05) is 0 Å². The lowest BCUT2D eigenvalue weighted by Crippen LogP contribution is -2.25. The van der Waals surface area contributed by atoms with E-state index >= 15 is 0 Å².